The topological polar surface area (TPSA) is 63.4 Å². The molecule has 0 spiro atoms. The van der Waals surface area contributed by atoms with Crippen molar-refractivity contribution in [3.05, 3.63) is 45.4 Å². The average molecular weight is 641 g/mol. The number of rotatable bonds is 22. The molecule has 1 aromatic rings. The van der Waals surface area contributed by atoms with Crippen molar-refractivity contribution >= 4 is 50.3 Å². The number of anilines is 1. The number of nitrogens with zero attached hydrogens (tertiary/aromatic N) is 2. The summed E-state index contributed by atoms with van der Waals surface area (Å²) < 4.78 is 2.41. The number of carbonyl (C=O) groups excluding carboxylic acids is 2. The van der Waals surface area contributed by atoms with Crippen LogP contribution >= 0.6 is 23.1 Å². The van der Waals surface area contributed by atoms with Gasteiger partial charge >= 0.3 is 0 Å². The summed E-state index contributed by atoms with van der Waals surface area (Å²) in [7, 11) is 0. The van der Waals surface area contributed by atoms with E-state index in [1.807, 2.05) is 24.3 Å². The molecule has 0 saturated carbocycles. The SMILES string of the molecule is CCCCCCN(CCCCCC)c1ccc(C2=C([O-])/C(=C3\C=CC(=[N+](CCCCCC)CCCCCC)S3)C(=O)C2=O)s1. The molecule has 5 nitrogen and oxygen atoms in total. The molecule has 0 bridgehead atoms. The summed E-state index contributed by atoms with van der Waals surface area (Å²) in [5.41, 5.74) is 0.119. The van der Waals surface area contributed by atoms with Gasteiger partial charge in [0.1, 0.15) is 13.1 Å². The second-order valence-electron chi connectivity index (χ2n) is 12.2. The number of thiophene rings is 1. The van der Waals surface area contributed by atoms with Crippen molar-refractivity contribution in [2.75, 3.05) is 31.1 Å². The zero-order valence-corrected chi connectivity index (χ0v) is 29.5. The summed E-state index contributed by atoms with van der Waals surface area (Å²) in [6.07, 6.45) is 23.0. The van der Waals surface area contributed by atoms with Gasteiger partial charge < -0.3 is 10.0 Å². The van der Waals surface area contributed by atoms with Gasteiger partial charge in [-0.1, -0.05) is 97.7 Å². The van der Waals surface area contributed by atoms with Crippen LogP contribution in [-0.2, 0) is 9.59 Å². The summed E-state index contributed by atoms with van der Waals surface area (Å²) in [6.45, 7) is 12.8. The van der Waals surface area contributed by atoms with Gasteiger partial charge in [-0.05, 0) is 55.7 Å². The molecule has 0 saturated heterocycles. The first-order chi connectivity index (χ1) is 21.5. The molecule has 3 rings (SSSR count). The monoisotopic (exact) mass is 640 g/mol. The van der Waals surface area contributed by atoms with Crippen LogP contribution in [0.15, 0.2) is 40.5 Å². The van der Waals surface area contributed by atoms with Crippen molar-refractivity contribution in [1.82, 2.24) is 0 Å². The maximum atomic E-state index is 13.7. The van der Waals surface area contributed by atoms with Crippen LogP contribution in [0.5, 0.6) is 0 Å². The highest BCUT2D eigenvalue weighted by Crippen LogP contribution is 2.41. The Morgan fingerprint density at radius 1 is 0.659 bits per heavy atom. The summed E-state index contributed by atoms with van der Waals surface area (Å²) in [4.78, 5) is 30.2. The molecular weight excluding hydrogens is 585 g/mol. The molecule has 0 amide bonds. The Kier molecular flexibility index (Phi) is 16.6. The van der Waals surface area contributed by atoms with E-state index in [0.29, 0.717) is 9.78 Å². The summed E-state index contributed by atoms with van der Waals surface area (Å²) in [5, 5.41) is 15.9. The summed E-state index contributed by atoms with van der Waals surface area (Å²) >= 11 is 2.97. The van der Waals surface area contributed by atoms with Crippen molar-refractivity contribution in [2.24, 2.45) is 0 Å². The van der Waals surface area contributed by atoms with E-state index in [-0.39, 0.29) is 11.1 Å². The fourth-order valence-electron chi connectivity index (χ4n) is 5.85. The second-order valence-corrected chi connectivity index (χ2v) is 14.4. The lowest BCUT2D eigenvalue weighted by Crippen LogP contribution is -2.24. The van der Waals surface area contributed by atoms with Crippen LogP contribution in [-0.4, -0.2) is 47.4 Å². The molecule has 1 aliphatic carbocycles. The Labute approximate surface area is 275 Å². The molecule has 0 aromatic carbocycles. The first-order valence-electron chi connectivity index (χ1n) is 17.5. The van der Waals surface area contributed by atoms with Gasteiger partial charge in [0.2, 0.25) is 16.6 Å². The number of ketones is 2. The van der Waals surface area contributed by atoms with Crippen molar-refractivity contribution in [3.63, 3.8) is 0 Å². The number of carbonyl (C=O) groups is 2. The van der Waals surface area contributed by atoms with Gasteiger partial charge in [0.25, 0.3) is 0 Å². The number of unbranched alkanes of at least 4 members (excludes halogenated alkanes) is 12. The summed E-state index contributed by atoms with van der Waals surface area (Å²) in [5.74, 6) is -1.71. The maximum absolute atomic E-state index is 13.7. The Hall–Kier alpha value is -2.12. The van der Waals surface area contributed by atoms with Crippen molar-refractivity contribution in [3.8, 4) is 0 Å². The van der Waals surface area contributed by atoms with Crippen LogP contribution in [0.4, 0.5) is 5.00 Å². The van der Waals surface area contributed by atoms with E-state index in [4.69, 9.17) is 0 Å². The highest BCUT2D eigenvalue weighted by Gasteiger charge is 2.36. The molecule has 7 heteroatoms. The normalized spacial score (nSPS) is 16.7. The highest BCUT2D eigenvalue weighted by molar-refractivity contribution is 8.18. The fourth-order valence-corrected chi connectivity index (χ4v) is 8.05. The van der Waals surface area contributed by atoms with Gasteiger partial charge in [-0.15, -0.1) is 11.3 Å². The molecule has 1 aliphatic heterocycles. The van der Waals surface area contributed by atoms with Crippen molar-refractivity contribution < 1.29 is 19.3 Å². The van der Waals surface area contributed by atoms with E-state index < -0.39 is 17.3 Å². The molecule has 0 unspecified atom stereocenters. The molecule has 2 heterocycles. The maximum Gasteiger partial charge on any atom is 0.239 e. The van der Waals surface area contributed by atoms with E-state index in [2.05, 4.69) is 37.2 Å². The fraction of sp³-hybridized carbons (Fsp3) is 0.649. The Morgan fingerprint density at radius 2 is 1.18 bits per heavy atom. The molecule has 1 aromatic heterocycles. The third kappa shape index (κ3) is 10.5. The quantitative estimate of drug-likeness (QED) is 0.0548. The predicted molar refractivity (Wildman–Crippen MR) is 189 cm³/mol. The minimum absolute atomic E-state index is 0.0594. The van der Waals surface area contributed by atoms with Gasteiger partial charge in [0, 0.05) is 52.9 Å². The van der Waals surface area contributed by atoms with Gasteiger partial charge in [-0.25, -0.2) is 4.58 Å². The molecule has 244 valence electrons. The van der Waals surface area contributed by atoms with Crippen molar-refractivity contribution in [2.45, 2.75) is 130 Å². The minimum Gasteiger partial charge on any atom is -0.871 e. The predicted octanol–water partition coefficient (Wildman–Crippen LogP) is 9.07. The zero-order valence-electron chi connectivity index (χ0n) is 27.9. The third-order valence-electron chi connectivity index (χ3n) is 8.54. The van der Waals surface area contributed by atoms with Crippen LogP contribution in [0.3, 0.4) is 0 Å². The molecule has 0 N–H and O–H groups in total. The number of hydrogen-bond donors (Lipinski definition) is 0. The van der Waals surface area contributed by atoms with Crippen molar-refractivity contribution in [1.29, 1.82) is 0 Å². The second kappa shape index (κ2) is 20.1. The molecule has 44 heavy (non-hydrogen) atoms. The number of thioether (sulfide) groups is 1. The van der Waals surface area contributed by atoms with Gasteiger partial charge in [0.15, 0.2) is 0 Å². The largest absolute Gasteiger partial charge is 0.871 e. The van der Waals surface area contributed by atoms with E-state index >= 15 is 0 Å². The van der Waals surface area contributed by atoms with E-state index in [1.165, 1.54) is 100 Å². The van der Waals surface area contributed by atoms with E-state index in [9.17, 15) is 14.7 Å². The lowest BCUT2D eigenvalue weighted by Gasteiger charge is -2.23. The van der Waals surface area contributed by atoms with E-state index in [0.717, 1.165) is 61.9 Å². The van der Waals surface area contributed by atoms with Gasteiger partial charge in [0.05, 0.1) is 5.00 Å². The molecule has 2 aliphatic rings. The Morgan fingerprint density at radius 3 is 1.73 bits per heavy atom. The first kappa shape index (κ1) is 36.3. The standard InChI is InChI=1S/C37H56N2O3S2/c1-5-9-13-17-25-38(26-18-14-10-6-2)31-23-21-29(43-31)33-35(40)34(37(42)36(33)41)30-22-24-32(44-30)39(27-19-15-11-7-3)28-20-16-12-8-4/h21-24H,5-20,25-28H2,1-4H3. The lowest BCUT2D eigenvalue weighted by atomic mass is 10.1. The third-order valence-corrected chi connectivity index (χ3v) is 10.9. The highest BCUT2D eigenvalue weighted by atomic mass is 32.2. The number of allylic oxidation sites excluding steroid dienone is 3. The zero-order chi connectivity index (χ0) is 31.7. The van der Waals surface area contributed by atoms with Crippen LogP contribution in [0.25, 0.3) is 5.57 Å². The lowest BCUT2D eigenvalue weighted by molar-refractivity contribution is -0.525. The molecular formula is C37H56N2O3S2. The van der Waals surface area contributed by atoms with Crippen LogP contribution in [0.2, 0.25) is 0 Å². The number of hydrogen-bond acceptors (Lipinski definition) is 6. The van der Waals surface area contributed by atoms with Crippen LogP contribution in [0.1, 0.15) is 135 Å². The first-order valence-corrected chi connectivity index (χ1v) is 19.2. The van der Waals surface area contributed by atoms with Gasteiger partial charge in [-0.2, -0.15) is 0 Å². The van der Waals surface area contributed by atoms with Crippen LogP contribution in [0, 0.1) is 0 Å². The Bertz CT molecular complexity index is 1180. The molecule has 0 fully saturated rings. The summed E-state index contributed by atoms with van der Waals surface area (Å²) in [6, 6.07) is 3.91. The molecule has 0 radical (unpaired) electrons. The Balaban J connectivity index is 1.83. The number of Topliss-reactive ketones (excluding diaryl/α,β-unsaturated/α-hetero) is 2. The van der Waals surface area contributed by atoms with Crippen LogP contribution < -0.4 is 10.0 Å². The van der Waals surface area contributed by atoms with E-state index in [1.54, 1.807) is 0 Å². The molecule has 0 atom stereocenters. The van der Waals surface area contributed by atoms with Gasteiger partial charge in [-0.3, -0.25) is 9.59 Å². The average Bonchev–Trinajstić information content (AvgIpc) is 3.74. The minimum atomic E-state index is -0.651. The smallest absolute Gasteiger partial charge is 0.239 e.